The normalized spacial score (nSPS) is 13.6. The van der Waals surface area contributed by atoms with Crippen LogP contribution in [0, 0.1) is 11.8 Å². The lowest BCUT2D eigenvalue weighted by Crippen LogP contribution is -2.55. The quantitative estimate of drug-likeness (QED) is 0.335. The Bertz CT molecular complexity index is 767. The van der Waals surface area contributed by atoms with Crippen LogP contribution in [0.4, 0.5) is 4.79 Å². The van der Waals surface area contributed by atoms with Crippen molar-refractivity contribution in [3.8, 4) is 0 Å². The van der Waals surface area contributed by atoms with Gasteiger partial charge in [0.2, 0.25) is 11.8 Å². The third-order valence-electron chi connectivity index (χ3n) is 5.23. The lowest BCUT2D eigenvalue weighted by molar-refractivity contribution is -0.131. The summed E-state index contributed by atoms with van der Waals surface area (Å²) in [5.74, 6) is -0.600. The van der Waals surface area contributed by atoms with E-state index in [0.29, 0.717) is 19.3 Å². The molecular formula is C26H41N3O5. The molecule has 0 aliphatic rings. The van der Waals surface area contributed by atoms with Gasteiger partial charge in [-0.05, 0) is 36.7 Å². The first-order valence-electron chi connectivity index (χ1n) is 12.2. The van der Waals surface area contributed by atoms with E-state index in [1.807, 2.05) is 65.0 Å². The molecule has 3 atom stereocenters. The van der Waals surface area contributed by atoms with Gasteiger partial charge in [0.25, 0.3) is 0 Å². The van der Waals surface area contributed by atoms with E-state index in [4.69, 9.17) is 4.74 Å². The van der Waals surface area contributed by atoms with Crippen LogP contribution in [0.2, 0.25) is 0 Å². The number of benzene rings is 1. The van der Waals surface area contributed by atoms with Crippen LogP contribution in [0.3, 0.4) is 0 Å². The van der Waals surface area contributed by atoms with Crippen molar-refractivity contribution in [2.75, 3.05) is 0 Å². The number of amides is 3. The SMILES string of the molecule is CCCC[C@@H](C=O)NC(=O)[C@H](CC(C)C)NC(=O)[C@H](CC(C)C)NC(=O)OCc1ccccc1. The second-order valence-corrected chi connectivity index (χ2v) is 9.47. The predicted octanol–water partition coefficient (Wildman–Crippen LogP) is 3.73. The maximum absolute atomic E-state index is 13.1. The highest BCUT2D eigenvalue weighted by Crippen LogP contribution is 2.10. The first-order valence-corrected chi connectivity index (χ1v) is 12.2. The molecule has 0 saturated carbocycles. The molecule has 0 unspecified atom stereocenters. The molecule has 0 aromatic heterocycles. The molecule has 1 aromatic rings. The molecule has 190 valence electrons. The summed E-state index contributed by atoms with van der Waals surface area (Å²) in [6.45, 7) is 9.89. The number of unbranched alkanes of at least 4 members (excludes halogenated alkanes) is 1. The van der Waals surface area contributed by atoms with Crippen molar-refractivity contribution in [1.82, 2.24) is 16.0 Å². The molecule has 0 saturated heterocycles. The molecule has 0 fully saturated rings. The number of aldehydes is 1. The zero-order valence-corrected chi connectivity index (χ0v) is 21.1. The molecule has 0 radical (unpaired) electrons. The van der Waals surface area contributed by atoms with Gasteiger partial charge in [-0.25, -0.2) is 4.79 Å². The minimum Gasteiger partial charge on any atom is -0.445 e. The topological polar surface area (TPSA) is 114 Å². The van der Waals surface area contributed by atoms with Gasteiger partial charge in [-0.2, -0.15) is 0 Å². The summed E-state index contributed by atoms with van der Waals surface area (Å²) in [6, 6.07) is 7.00. The Kier molecular flexibility index (Phi) is 13.6. The van der Waals surface area contributed by atoms with Crippen LogP contribution in [0.25, 0.3) is 0 Å². The monoisotopic (exact) mass is 475 g/mol. The number of hydrogen-bond acceptors (Lipinski definition) is 5. The van der Waals surface area contributed by atoms with Gasteiger partial charge in [0, 0.05) is 0 Å². The molecule has 0 bridgehead atoms. The number of rotatable bonds is 15. The molecule has 0 aliphatic carbocycles. The maximum Gasteiger partial charge on any atom is 0.408 e. The Labute approximate surface area is 203 Å². The summed E-state index contributed by atoms with van der Waals surface area (Å²) in [5.41, 5.74) is 0.837. The lowest BCUT2D eigenvalue weighted by atomic mass is 10.00. The Morgan fingerprint density at radius 2 is 1.44 bits per heavy atom. The first-order chi connectivity index (χ1) is 16.2. The number of carbonyl (C=O) groups excluding carboxylic acids is 4. The molecule has 8 heteroatoms. The average Bonchev–Trinajstić information content (AvgIpc) is 2.79. The van der Waals surface area contributed by atoms with Crippen LogP contribution < -0.4 is 16.0 Å². The Hall–Kier alpha value is -2.90. The Morgan fingerprint density at radius 1 is 0.882 bits per heavy atom. The van der Waals surface area contributed by atoms with Crippen molar-refractivity contribution in [3.05, 3.63) is 35.9 Å². The molecule has 0 spiro atoms. The third-order valence-corrected chi connectivity index (χ3v) is 5.23. The van der Waals surface area contributed by atoms with Gasteiger partial charge >= 0.3 is 6.09 Å². The maximum atomic E-state index is 13.1. The zero-order chi connectivity index (χ0) is 25.5. The smallest absolute Gasteiger partial charge is 0.408 e. The van der Waals surface area contributed by atoms with Gasteiger partial charge in [-0.15, -0.1) is 0 Å². The number of nitrogens with one attached hydrogen (secondary N) is 3. The third kappa shape index (κ3) is 11.8. The van der Waals surface area contributed by atoms with Gasteiger partial charge in [0.05, 0.1) is 6.04 Å². The van der Waals surface area contributed by atoms with E-state index < -0.39 is 36.0 Å². The summed E-state index contributed by atoms with van der Waals surface area (Å²) >= 11 is 0. The van der Waals surface area contributed by atoms with Crippen molar-refractivity contribution in [2.24, 2.45) is 11.8 Å². The summed E-state index contributed by atoms with van der Waals surface area (Å²) < 4.78 is 5.26. The highest BCUT2D eigenvalue weighted by Gasteiger charge is 2.29. The minimum absolute atomic E-state index is 0.0892. The van der Waals surface area contributed by atoms with Gasteiger partial charge in [-0.1, -0.05) is 77.8 Å². The number of hydrogen-bond donors (Lipinski definition) is 3. The molecule has 1 rings (SSSR count). The lowest BCUT2D eigenvalue weighted by Gasteiger charge is -2.26. The van der Waals surface area contributed by atoms with Crippen LogP contribution in [0.15, 0.2) is 30.3 Å². The fraction of sp³-hybridized carbons (Fsp3) is 0.615. The van der Waals surface area contributed by atoms with Crippen molar-refractivity contribution in [1.29, 1.82) is 0 Å². The number of ether oxygens (including phenoxy) is 1. The number of alkyl carbamates (subject to hydrolysis) is 1. The Morgan fingerprint density at radius 3 is 1.97 bits per heavy atom. The van der Waals surface area contributed by atoms with E-state index in [1.165, 1.54) is 0 Å². The molecule has 0 aliphatic heterocycles. The van der Waals surface area contributed by atoms with Crippen molar-refractivity contribution < 1.29 is 23.9 Å². The largest absolute Gasteiger partial charge is 0.445 e. The highest BCUT2D eigenvalue weighted by atomic mass is 16.5. The zero-order valence-electron chi connectivity index (χ0n) is 21.1. The first kappa shape index (κ1) is 29.1. The Balaban J connectivity index is 2.82. The van der Waals surface area contributed by atoms with Crippen LogP contribution >= 0.6 is 0 Å². The van der Waals surface area contributed by atoms with E-state index in [2.05, 4.69) is 16.0 Å². The molecule has 34 heavy (non-hydrogen) atoms. The average molecular weight is 476 g/mol. The summed E-state index contributed by atoms with van der Waals surface area (Å²) in [6.07, 6.45) is 3.10. The van der Waals surface area contributed by atoms with Gasteiger partial charge < -0.3 is 25.5 Å². The van der Waals surface area contributed by atoms with E-state index in [0.717, 1.165) is 24.7 Å². The summed E-state index contributed by atoms with van der Waals surface area (Å²) in [5, 5.41) is 8.15. The molecule has 3 N–H and O–H groups in total. The van der Waals surface area contributed by atoms with E-state index in [1.54, 1.807) is 0 Å². The molecule has 0 heterocycles. The van der Waals surface area contributed by atoms with Crippen molar-refractivity contribution >= 4 is 24.2 Å². The van der Waals surface area contributed by atoms with Crippen molar-refractivity contribution in [3.63, 3.8) is 0 Å². The minimum atomic E-state index is -0.854. The van der Waals surface area contributed by atoms with Crippen LogP contribution in [-0.2, 0) is 25.7 Å². The van der Waals surface area contributed by atoms with E-state index >= 15 is 0 Å². The highest BCUT2D eigenvalue weighted by molar-refractivity contribution is 5.92. The molecule has 8 nitrogen and oxygen atoms in total. The van der Waals surface area contributed by atoms with Gasteiger partial charge in [0.15, 0.2) is 0 Å². The van der Waals surface area contributed by atoms with Crippen molar-refractivity contribution in [2.45, 2.75) is 91.5 Å². The van der Waals surface area contributed by atoms with Gasteiger partial charge in [-0.3, -0.25) is 9.59 Å². The van der Waals surface area contributed by atoms with Crippen LogP contribution in [-0.4, -0.2) is 42.3 Å². The second kappa shape index (κ2) is 15.9. The molecule has 1 aromatic carbocycles. The van der Waals surface area contributed by atoms with Gasteiger partial charge in [0.1, 0.15) is 25.0 Å². The summed E-state index contributed by atoms with van der Waals surface area (Å²) in [4.78, 5) is 49.7. The van der Waals surface area contributed by atoms with E-state index in [9.17, 15) is 19.2 Å². The fourth-order valence-electron chi connectivity index (χ4n) is 3.47. The predicted molar refractivity (Wildman–Crippen MR) is 132 cm³/mol. The molecular weight excluding hydrogens is 434 g/mol. The number of carbonyl (C=O) groups is 4. The second-order valence-electron chi connectivity index (χ2n) is 9.47. The molecule has 3 amide bonds. The van der Waals surface area contributed by atoms with Crippen LogP contribution in [0.5, 0.6) is 0 Å². The fourth-order valence-corrected chi connectivity index (χ4v) is 3.47. The summed E-state index contributed by atoms with van der Waals surface area (Å²) in [7, 11) is 0. The van der Waals surface area contributed by atoms with Crippen LogP contribution in [0.1, 0.15) is 72.3 Å². The van der Waals surface area contributed by atoms with E-state index in [-0.39, 0.29) is 18.4 Å². The standard InChI is InChI=1S/C26H41N3O5/c1-6-7-13-21(16-30)27-24(31)22(14-18(2)3)28-25(32)23(15-19(4)5)29-26(33)34-17-20-11-9-8-10-12-20/h8-12,16,18-19,21-23H,6-7,13-15,17H2,1-5H3,(H,27,31)(H,28,32)(H,29,33)/t21-,22-,23-/m0/s1.